The number of hydrogen-bond donors (Lipinski definition) is 1. The van der Waals surface area contributed by atoms with Crippen LogP contribution in [-0.2, 0) is 13.0 Å². The second-order valence-corrected chi connectivity index (χ2v) is 6.20. The van der Waals surface area contributed by atoms with Gasteiger partial charge >= 0.3 is 0 Å². The van der Waals surface area contributed by atoms with Gasteiger partial charge in [0.25, 0.3) is 5.56 Å². The summed E-state index contributed by atoms with van der Waals surface area (Å²) in [4.78, 5) is 25.4. The maximum atomic E-state index is 12.9. The number of aryl methyl sites for hydroxylation is 2. The van der Waals surface area contributed by atoms with Gasteiger partial charge in [0.2, 0.25) is 0 Å². The van der Waals surface area contributed by atoms with E-state index in [9.17, 15) is 20.0 Å². The summed E-state index contributed by atoms with van der Waals surface area (Å²) in [7, 11) is 1.46. The third-order valence-corrected chi connectivity index (χ3v) is 4.40. The van der Waals surface area contributed by atoms with Crippen molar-refractivity contribution in [2.45, 2.75) is 13.0 Å². The predicted octanol–water partition coefficient (Wildman–Crippen LogP) is 2.91. The highest BCUT2D eigenvalue weighted by Crippen LogP contribution is 2.25. The Morgan fingerprint density at radius 2 is 1.93 bits per heavy atom. The van der Waals surface area contributed by atoms with E-state index in [1.807, 2.05) is 36.4 Å². The van der Waals surface area contributed by atoms with Gasteiger partial charge in [-0.2, -0.15) is 5.26 Å². The van der Waals surface area contributed by atoms with Crippen molar-refractivity contribution in [3.8, 4) is 17.6 Å². The lowest BCUT2D eigenvalue weighted by molar-refractivity contribution is 0.103. The van der Waals surface area contributed by atoms with Gasteiger partial charge in [-0.05, 0) is 36.2 Å². The number of methoxy groups -OCH3 is 1. The van der Waals surface area contributed by atoms with Crippen LogP contribution in [0.5, 0.6) is 11.5 Å². The number of nitriles is 1. The Bertz CT molecular complexity index is 1110. The highest BCUT2D eigenvalue weighted by molar-refractivity contribution is 6.10. The third-order valence-electron chi connectivity index (χ3n) is 4.40. The summed E-state index contributed by atoms with van der Waals surface area (Å²) in [6.07, 6.45) is 2.00. The molecular weight excluding hydrogens is 356 g/mol. The summed E-state index contributed by atoms with van der Waals surface area (Å²) >= 11 is 0. The summed E-state index contributed by atoms with van der Waals surface area (Å²) in [5.41, 5.74) is 0.644. The molecule has 6 nitrogen and oxygen atoms in total. The molecule has 140 valence electrons. The van der Waals surface area contributed by atoms with Gasteiger partial charge in [0.15, 0.2) is 5.78 Å². The molecule has 0 radical (unpaired) electrons. The Morgan fingerprint density at radius 3 is 2.61 bits per heavy atom. The van der Waals surface area contributed by atoms with Gasteiger partial charge in [-0.1, -0.05) is 30.3 Å². The van der Waals surface area contributed by atoms with Crippen molar-refractivity contribution in [1.29, 1.82) is 5.26 Å². The highest BCUT2D eigenvalue weighted by atomic mass is 16.5. The molecule has 0 fully saturated rings. The number of hydrogen-bond acceptors (Lipinski definition) is 5. The summed E-state index contributed by atoms with van der Waals surface area (Å²) in [5, 5.41) is 19.4. The van der Waals surface area contributed by atoms with Gasteiger partial charge in [0, 0.05) is 18.3 Å². The van der Waals surface area contributed by atoms with E-state index in [1.165, 1.54) is 42.1 Å². The molecule has 0 unspecified atom stereocenters. The number of phenolic OH excluding ortho intramolecular Hbond substituents is 1. The topological polar surface area (TPSA) is 92.3 Å². The van der Waals surface area contributed by atoms with E-state index in [0.717, 1.165) is 5.56 Å². The fraction of sp³-hybridized carbons (Fsp3) is 0.136. The van der Waals surface area contributed by atoms with Crippen LogP contribution in [0.2, 0.25) is 0 Å². The van der Waals surface area contributed by atoms with Crippen LogP contribution in [0.25, 0.3) is 0 Å². The molecule has 0 saturated carbocycles. The van der Waals surface area contributed by atoms with Gasteiger partial charge in [0.1, 0.15) is 23.1 Å². The second-order valence-electron chi connectivity index (χ2n) is 6.20. The van der Waals surface area contributed by atoms with E-state index >= 15 is 0 Å². The number of pyridine rings is 1. The normalized spacial score (nSPS) is 10.3. The Morgan fingerprint density at radius 1 is 1.18 bits per heavy atom. The van der Waals surface area contributed by atoms with E-state index < -0.39 is 11.3 Å². The molecule has 1 N–H and O–H groups in total. The number of aromatic hydroxyl groups is 1. The lowest BCUT2D eigenvalue weighted by Crippen LogP contribution is -2.25. The van der Waals surface area contributed by atoms with Crippen molar-refractivity contribution in [2.75, 3.05) is 7.11 Å². The number of rotatable bonds is 6. The molecule has 0 spiro atoms. The number of benzene rings is 2. The van der Waals surface area contributed by atoms with Crippen LogP contribution >= 0.6 is 0 Å². The average molecular weight is 374 g/mol. The molecule has 3 rings (SSSR count). The lowest BCUT2D eigenvalue weighted by Gasteiger charge is -2.11. The van der Waals surface area contributed by atoms with Crippen LogP contribution in [0.1, 0.15) is 27.0 Å². The third kappa shape index (κ3) is 3.94. The largest absolute Gasteiger partial charge is 0.507 e. The maximum Gasteiger partial charge on any atom is 0.268 e. The van der Waals surface area contributed by atoms with E-state index in [-0.39, 0.29) is 22.4 Å². The highest BCUT2D eigenvalue weighted by Gasteiger charge is 2.18. The van der Waals surface area contributed by atoms with Crippen molar-refractivity contribution >= 4 is 5.78 Å². The van der Waals surface area contributed by atoms with Crippen molar-refractivity contribution in [3.05, 3.63) is 93.4 Å². The van der Waals surface area contributed by atoms with Crippen LogP contribution in [0.4, 0.5) is 0 Å². The van der Waals surface area contributed by atoms with E-state index in [4.69, 9.17) is 4.74 Å². The summed E-state index contributed by atoms with van der Waals surface area (Å²) in [6, 6.07) is 17.0. The van der Waals surface area contributed by atoms with Gasteiger partial charge < -0.3 is 14.4 Å². The molecule has 0 bridgehead atoms. The van der Waals surface area contributed by atoms with E-state index in [1.54, 1.807) is 0 Å². The molecule has 28 heavy (non-hydrogen) atoms. The number of ketones is 1. The zero-order chi connectivity index (χ0) is 20.1. The van der Waals surface area contributed by atoms with E-state index in [2.05, 4.69) is 0 Å². The number of carbonyl (C=O) groups is 1. The minimum Gasteiger partial charge on any atom is -0.507 e. The summed E-state index contributed by atoms with van der Waals surface area (Å²) in [6.45, 7) is 0.322. The molecule has 2 aromatic carbocycles. The second kappa shape index (κ2) is 8.23. The lowest BCUT2D eigenvalue weighted by atomic mass is 10.0. The van der Waals surface area contributed by atoms with Crippen molar-refractivity contribution in [3.63, 3.8) is 0 Å². The zero-order valence-corrected chi connectivity index (χ0v) is 15.3. The monoisotopic (exact) mass is 374 g/mol. The molecule has 1 aromatic heterocycles. The zero-order valence-electron chi connectivity index (χ0n) is 15.3. The molecule has 0 aliphatic carbocycles. The van der Waals surface area contributed by atoms with Crippen molar-refractivity contribution < 1.29 is 14.6 Å². The first-order chi connectivity index (χ1) is 13.5. The maximum absolute atomic E-state index is 12.9. The number of carbonyl (C=O) groups excluding carboxylic acids is 1. The smallest absolute Gasteiger partial charge is 0.268 e. The quantitative estimate of drug-likeness (QED) is 0.670. The van der Waals surface area contributed by atoms with Gasteiger partial charge in [-0.3, -0.25) is 9.59 Å². The molecule has 0 amide bonds. The van der Waals surface area contributed by atoms with Gasteiger partial charge in [-0.15, -0.1) is 0 Å². The number of phenols is 1. The minimum absolute atomic E-state index is 0.0384. The number of nitrogens with zero attached hydrogens (tertiary/aromatic N) is 2. The Balaban J connectivity index is 1.99. The Hall–Kier alpha value is -3.85. The average Bonchev–Trinajstić information content (AvgIpc) is 2.73. The van der Waals surface area contributed by atoms with Crippen molar-refractivity contribution in [2.24, 2.45) is 0 Å². The molecule has 0 saturated heterocycles. The Kier molecular flexibility index (Phi) is 5.56. The number of ether oxygens (including phenoxy) is 1. The molecular formula is C22H18N2O4. The minimum atomic E-state index is -0.499. The van der Waals surface area contributed by atoms with Crippen LogP contribution in [0.15, 0.2) is 65.6 Å². The van der Waals surface area contributed by atoms with Gasteiger partial charge in [-0.25, -0.2) is 0 Å². The standard InChI is InChI=1S/C22H18N2O4/c1-28-18-7-8-20(25)19(12-18)21(26)17-11-16(13-23)22(27)24(14-17)10-9-15-5-3-2-4-6-15/h2-8,11-12,14,25H,9-10H2,1H3. The summed E-state index contributed by atoms with van der Waals surface area (Å²) < 4.78 is 6.46. The molecule has 0 aliphatic heterocycles. The fourth-order valence-corrected chi connectivity index (χ4v) is 2.88. The Labute approximate surface area is 161 Å². The van der Waals surface area contributed by atoms with E-state index in [0.29, 0.717) is 18.7 Å². The van der Waals surface area contributed by atoms with Crippen molar-refractivity contribution in [1.82, 2.24) is 4.57 Å². The predicted molar refractivity (Wildman–Crippen MR) is 104 cm³/mol. The fourth-order valence-electron chi connectivity index (χ4n) is 2.88. The van der Waals surface area contributed by atoms with Gasteiger partial charge in [0.05, 0.1) is 12.7 Å². The molecule has 3 aromatic rings. The number of aromatic nitrogens is 1. The molecule has 6 heteroatoms. The first-order valence-corrected chi connectivity index (χ1v) is 8.63. The SMILES string of the molecule is COc1ccc(O)c(C(=O)c2cc(C#N)c(=O)n(CCc3ccccc3)c2)c1. The molecule has 0 atom stereocenters. The first-order valence-electron chi connectivity index (χ1n) is 8.63. The molecule has 1 heterocycles. The van der Waals surface area contributed by atoms with Crippen LogP contribution in [0.3, 0.4) is 0 Å². The van der Waals surface area contributed by atoms with Crippen LogP contribution in [0, 0.1) is 11.3 Å². The first kappa shape index (κ1) is 18.9. The van der Waals surface area contributed by atoms with Crippen LogP contribution < -0.4 is 10.3 Å². The summed E-state index contributed by atoms with van der Waals surface area (Å²) in [5.74, 6) is -0.285. The van der Waals surface area contributed by atoms with Crippen LogP contribution in [-0.4, -0.2) is 22.6 Å². The molecule has 0 aliphatic rings.